The Bertz CT molecular complexity index is 1290. The topological polar surface area (TPSA) is 293 Å². The number of hydrogen-bond donors (Lipinski definition) is 10. The summed E-state index contributed by atoms with van der Waals surface area (Å²) < 4.78 is 0. The van der Waals surface area contributed by atoms with E-state index in [9.17, 15) is 44.1 Å². The van der Waals surface area contributed by atoms with E-state index in [1.807, 2.05) is 0 Å². The van der Waals surface area contributed by atoms with Crippen molar-refractivity contribution in [1.29, 1.82) is 0 Å². The van der Waals surface area contributed by atoms with Crippen molar-refractivity contribution < 1.29 is 44.1 Å². The van der Waals surface area contributed by atoms with Crippen LogP contribution in [0.15, 0.2) is 24.3 Å². The number of rotatable bonds is 21. The molecule has 2 rings (SSSR count). The smallest absolute Gasteiger partial charge is 0.326 e. The number of nitrogens with zero attached hydrogens (tertiary/aromatic N) is 1. The molecule has 1 heterocycles. The zero-order chi connectivity index (χ0) is 37.4. The molecule has 50 heavy (non-hydrogen) atoms. The van der Waals surface area contributed by atoms with E-state index in [1.54, 1.807) is 0 Å². The van der Waals surface area contributed by atoms with Gasteiger partial charge in [-0.1, -0.05) is 12.1 Å². The van der Waals surface area contributed by atoms with Gasteiger partial charge in [0.1, 0.15) is 36.0 Å². The summed E-state index contributed by atoms with van der Waals surface area (Å²) in [5, 5.41) is 40.1. The monoisotopic (exact) mass is 706 g/mol. The molecule has 1 aliphatic rings. The van der Waals surface area contributed by atoms with E-state index in [0.717, 1.165) is 0 Å². The number of aliphatic carboxylic acids is 1. The predicted molar refractivity (Wildman–Crippen MR) is 183 cm³/mol. The predicted octanol–water partition coefficient (Wildman–Crippen LogP) is -2.06. The fourth-order valence-electron chi connectivity index (χ4n) is 5.57. The standard InChI is InChI=1S/C33H54N8O9/c1-19(36)28(44)37-23(8-3-5-15-34)32(48)41-17-7-10-26(41)30(46)40-27(20(2)42)31(47)39-25(18-21-11-13-22(43)14-12-21)29(45)38-24(33(49)50)9-4-6-16-35/h11-14,19-20,23-27,42-43H,3-10,15-18,34-36H2,1-2H3,(H,37,44)(H,38,45)(H,39,47)(H,40,46)(H,49,50). The Morgan fingerprint density at radius 2 is 1.38 bits per heavy atom. The summed E-state index contributed by atoms with van der Waals surface area (Å²) in [6, 6.07) is -1.17. The molecular weight excluding hydrogens is 652 g/mol. The largest absolute Gasteiger partial charge is 0.508 e. The van der Waals surface area contributed by atoms with Crippen LogP contribution in [0.2, 0.25) is 0 Å². The zero-order valence-corrected chi connectivity index (χ0v) is 28.8. The maximum Gasteiger partial charge on any atom is 0.326 e. The summed E-state index contributed by atoms with van der Waals surface area (Å²) in [6.07, 6.45) is 1.69. The van der Waals surface area contributed by atoms with Gasteiger partial charge in [-0.05, 0) is 96.0 Å². The molecule has 5 amide bonds. The van der Waals surface area contributed by atoms with Gasteiger partial charge in [0.25, 0.3) is 0 Å². The molecule has 0 bridgehead atoms. The number of carbonyl (C=O) groups is 6. The van der Waals surface area contributed by atoms with E-state index in [1.165, 1.54) is 43.0 Å². The molecule has 280 valence electrons. The summed E-state index contributed by atoms with van der Waals surface area (Å²) in [5.74, 6) is -4.78. The third-order valence-corrected chi connectivity index (χ3v) is 8.45. The molecule has 1 aliphatic heterocycles. The van der Waals surface area contributed by atoms with Crippen LogP contribution in [-0.4, -0.2) is 118 Å². The Labute approximate surface area is 292 Å². The number of aliphatic hydroxyl groups is 1. The van der Waals surface area contributed by atoms with E-state index < -0.39 is 77.9 Å². The quantitative estimate of drug-likeness (QED) is 0.0618. The molecule has 17 heteroatoms. The molecule has 0 saturated carbocycles. The number of likely N-dealkylation sites (tertiary alicyclic amines) is 1. The molecule has 1 aromatic carbocycles. The lowest BCUT2D eigenvalue weighted by atomic mass is 10.0. The number of carboxylic acid groups (broad SMARTS) is 1. The number of amides is 5. The van der Waals surface area contributed by atoms with Gasteiger partial charge in [-0.3, -0.25) is 24.0 Å². The molecule has 0 aromatic heterocycles. The van der Waals surface area contributed by atoms with Crippen molar-refractivity contribution in [1.82, 2.24) is 26.2 Å². The highest BCUT2D eigenvalue weighted by molar-refractivity contribution is 5.96. The molecule has 7 atom stereocenters. The third-order valence-electron chi connectivity index (χ3n) is 8.45. The number of phenolic OH excluding ortho intramolecular Hbond substituents is 1. The Morgan fingerprint density at radius 3 is 1.92 bits per heavy atom. The number of aliphatic hydroxyl groups excluding tert-OH is 1. The number of unbranched alkanes of at least 4 members (excludes halogenated alkanes) is 2. The van der Waals surface area contributed by atoms with Crippen LogP contribution in [0.1, 0.15) is 70.8 Å². The van der Waals surface area contributed by atoms with Gasteiger partial charge in [-0.15, -0.1) is 0 Å². The van der Waals surface area contributed by atoms with Gasteiger partial charge in [0, 0.05) is 13.0 Å². The lowest BCUT2D eigenvalue weighted by Crippen LogP contribution is -2.61. The first kappa shape index (κ1) is 41.8. The van der Waals surface area contributed by atoms with Crippen LogP contribution < -0.4 is 38.5 Å². The van der Waals surface area contributed by atoms with Crippen LogP contribution >= 0.6 is 0 Å². The van der Waals surface area contributed by atoms with E-state index in [2.05, 4.69) is 21.3 Å². The number of phenols is 1. The van der Waals surface area contributed by atoms with E-state index in [-0.39, 0.29) is 38.0 Å². The van der Waals surface area contributed by atoms with Gasteiger partial charge in [-0.2, -0.15) is 0 Å². The Kier molecular flexibility index (Phi) is 17.6. The minimum Gasteiger partial charge on any atom is -0.508 e. The van der Waals surface area contributed by atoms with Crippen molar-refractivity contribution in [2.45, 2.75) is 114 Å². The second-order valence-corrected chi connectivity index (χ2v) is 12.7. The molecular formula is C33H54N8O9. The Hall–Kier alpha value is -4.32. The molecule has 1 fully saturated rings. The molecule has 0 radical (unpaired) electrons. The van der Waals surface area contributed by atoms with E-state index in [0.29, 0.717) is 50.8 Å². The van der Waals surface area contributed by atoms with Crippen molar-refractivity contribution in [2.75, 3.05) is 19.6 Å². The Morgan fingerprint density at radius 1 is 0.820 bits per heavy atom. The lowest BCUT2D eigenvalue weighted by molar-refractivity contribution is -0.143. The average Bonchev–Trinajstić information content (AvgIpc) is 3.56. The minimum atomic E-state index is -1.56. The molecule has 13 N–H and O–H groups in total. The van der Waals surface area contributed by atoms with Gasteiger partial charge in [0.2, 0.25) is 29.5 Å². The number of carbonyl (C=O) groups excluding carboxylic acids is 5. The summed E-state index contributed by atoms with van der Waals surface area (Å²) >= 11 is 0. The van der Waals surface area contributed by atoms with Gasteiger partial charge < -0.3 is 58.7 Å². The minimum absolute atomic E-state index is 0.0286. The van der Waals surface area contributed by atoms with E-state index in [4.69, 9.17) is 17.2 Å². The summed E-state index contributed by atoms with van der Waals surface area (Å²) in [4.78, 5) is 79.8. The summed E-state index contributed by atoms with van der Waals surface area (Å²) in [5.41, 5.74) is 17.3. The van der Waals surface area contributed by atoms with Crippen molar-refractivity contribution >= 4 is 35.5 Å². The maximum atomic E-state index is 13.6. The van der Waals surface area contributed by atoms with Crippen LogP contribution in [0.4, 0.5) is 0 Å². The fraction of sp³-hybridized carbons (Fsp3) is 0.636. The van der Waals surface area contributed by atoms with E-state index >= 15 is 0 Å². The average molecular weight is 707 g/mol. The number of aromatic hydroxyl groups is 1. The molecule has 7 unspecified atom stereocenters. The first-order valence-corrected chi connectivity index (χ1v) is 17.1. The van der Waals surface area contributed by atoms with Gasteiger partial charge in [0.15, 0.2) is 0 Å². The highest BCUT2D eigenvalue weighted by atomic mass is 16.4. The van der Waals surface area contributed by atoms with Crippen molar-refractivity contribution in [3.05, 3.63) is 29.8 Å². The lowest BCUT2D eigenvalue weighted by Gasteiger charge is -2.31. The fourth-order valence-corrected chi connectivity index (χ4v) is 5.57. The molecule has 1 saturated heterocycles. The van der Waals surface area contributed by atoms with Crippen molar-refractivity contribution in [3.8, 4) is 5.75 Å². The van der Waals surface area contributed by atoms with Crippen LogP contribution in [0, 0.1) is 0 Å². The number of hydrogen-bond acceptors (Lipinski definition) is 11. The Balaban J connectivity index is 2.26. The van der Waals surface area contributed by atoms with Crippen LogP contribution in [-0.2, 0) is 35.2 Å². The van der Waals surface area contributed by atoms with Crippen LogP contribution in [0.3, 0.4) is 0 Å². The normalized spacial score (nSPS) is 17.8. The second kappa shape index (κ2) is 21.0. The second-order valence-electron chi connectivity index (χ2n) is 12.7. The van der Waals surface area contributed by atoms with Crippen molar-refractivity contribution in [2.24, 2.45) is 17.2 Å². The SMILES string of the molecule is CC(N)C(=O)NC(CCCCN)C(=O)N1CCCC1C(=O)NC(C(=O)NC(Cc1ccc(O)cc1)C(=O)NC(CCCCN)C(=O)O)C(C)O. The number of benzene rings is 1. The first-order chi connectivity index (χ1) is 23.7. The third kappa shape index (κ3) is 13.2. The first-order valence-electron chi connectivity index (χ1n) is 17.1. The summed E-state index contributed by atoms with van der Waals surface area (Å²) in [7, 11) is 0. The molecule has 17 nitrogen and oxygen atoms in total. The molecule has 0 spiro atoms. The molecule has 0 aliphatic carbocycles. The number of carboxylic acids is 1. The van der Waals surface area contributed by atoms with Crippen LogP contribution in [0.25, 0.3) is 0 Å². The molecule has 1 aromatic rings. The maximum absolute atomic E-state index is 13.6. The van der Waals surface area contributed by atoms with Crippen molar-refractivity contribution in [3.63, 3.8) is 0 Å². The van der Waals surface area contributed by atoms with Gasteiger partial charge in [0.05, 0.1) is 12.1 Å². The highest BCUT2D eigenvalue weighted by Crippen LogP contribution is 2.21. The summed E-state index contributed by atoms with van der Waals surface area (Å²) in [6.45, 7) is 3.71. The zero-order valence-electron chi connectivity index (χ0n) is 28.8. The highest BCUT2D eigenvalue weighted by Gasteiger charge is 2.40. The van der Waals surface area contributed by atoms with Gasteiger partial charge in [-0.25, -0.2) is 4.79 Å². The van der Waals surface area contributed by atoms with Gasteiger partial charge >= 0.3 is 5.97 Å². The van der Waals surface area contributed by atoms with Crippen LogP contribution in [0.5, 0.6) is 5.75 Å². The number of nitrogens with one attached hydrogen (secondary N) is 4. The number of nitrogens with two attached hydrogens (primary N) is 3.